The van der Waals surface area contributed by atoms with Gasteiger partial charge in [-0.15, -0.1) is 0 Å². The Balaban J connectivity index is 1.59. The molecule has 110 valence electrons. The highest BCUT2D eigenvalue weighted by atomic mass is 16.1. The fraction of sp³-hybridized carbons (Fsp3) is 0.188. The predicted octanol–water partition coefficient (Wildman–Crippen LogP) is 2.50. The number of aromatic amines is 1. The zero-order valence-electron chi connectivity index (χ0n) is 11.8. The molecule has 0 aliphatic carbocycles. The van der Waals surface area contributed by atoms with Gasteiger partial charge in [-0.3, -0.25) is 4.79 Å². The molecular formula is C16H15N5O. The molecule has 0 saturated carbocycles. The third-order valence-electron chi connectivity index (χ3n) is 3.98. The van der Waals surface area contributed by atoms with Crippen LogP contribution in [0.1, 0.15) is 17.9 Å². The number of amides is 1. The standard InChI is InChI=1S/C16H15N5O/c22-14-7-10(11-3-1-2-4-13(11)21-14)8-18-16-12-5-6-17-15(12)19-9-20-16/h1-6,9-10H,7-8H2,(H,21,22)(H2,17,18,19,20). The summed E-state index contributed by atoms with van der Waals surface area (Å²) in [5.41, 5.74) is 2.87. The molecule has 6 heteroatoms. The molecule has 1 aliphatic rings. The van der Waals surface area contributed by atoms with Gasteiger partial charge in [0.15, 0.2) is 0 Å². The van der Waals surface area contributed by atoms with Crippen LogP contribution in [0.3, 0.4) is 0 Å². The van der Waals surface area contributed by atoms with Crippen LogP contribution >= 0.6 is 0 Å². The fourth-order valence-electron chi connectivity index (χ4n) is 2.92. The van der Waals surface area contributed by atoms with Crippen LogP contribution in [0.2, 0.25) is 0 Å². The summed E-state index contributed by atoms with van der Waals surface area (Å²) >= 11 is 0. The monoisotopic (exact) mass is 293 g/mol. The van der Waals surface area contributed by atoms with E-state index in [1.165, 1.54) is 6.33 Å². The molecule has 3 heterocycles. The molecule has 0 radical (unpaired) electrons. The number of nitrogens with one attached hydrogen (secondary N) is 3. The largest absolute Gasteiger partial charge is 0.369 e. The van der Waals surface area contributed by atoms with Crippen molar-refractivity contribution in [2.75, 3.05) is 17.2 Å². The molecule has 4 rings (SSSR count). The van der Waals surface area contributed by atoms with E-state index in [4.69, 9.17) is 0 Å². The second-order valence-electron chi connectivity index (χ2n) is 5.38. The Labute approximate surface area is 127 Å². The van der Waals surface area contributed by atoms with Crippen LogP contribution in [-0.2, 0) is 4.79 Å². The maximum absolute atomic E-state index is 11.8. The zero-order chi connectivity index (χ0) is 14.9. The van der Waals surface area contributed by atoms with Crippen LogP contribution in [0.5, 0.6) is 0 Å². The van der Waals surface area contributed by atoms with Gasteiger partial charge in [-0.2, -0.15) is 0 Å². The first-order valence-electron chi connectivity index (χ1n) is 7.22. The predicted molar refractivity (Wildman–Crippen MR) is 84.8 cm³/mol. The summed E-state index contributed by atoms with van der Waals surface area (Å²) in [6.45, 7) is 0.654. The van der Waals surface area contributed by atoms with Crippen molar-refractivity contribution in [2.45, 2.75) is 12.3 Å². The first kappa shape index (κ1) is 12.8. The average Bonchev–Trinajstić information content (AvgIpc) is 3.01. The molecule has 1 aliphatic heterocycles. The zero-order valence-corrected chi connectivity index (χ0v) is 11.8. The number of rotatable bonds is 3. The minimum atomic E-state index is 0.0555. The quantitative estimate of drug-likeness (QED) is 0.693. The minimum absolute atomic E-state index is 0.0555. The van der Waals surface area contributed by atoms with Crippen molar-refractivity contribution in [3.8, 4) is 0 Å². The van der Waals surface area contributed by atoms with E-state index in [9.17, 15) is 4.79 Å². The molecule has 1 atom stereocenters. The van der Waals surface area contributed by atoms with Gasteiger partial charge in [0.2, 0.25) is 5.91 Å². The first-order valence-corrected chi connectivity index (χ1v) is 7.22. The summed E-state index contributed by atoms with van der Waals surface area (Å²) in [6, 6.07) is 9.88. The number of para-hydroxylation sites is 1. The van der Waals surface area contributed by atoms with Crippen LogP contribution in [0, 0.1) is 0 Å². The van der Waals surface area contributed by atoms with Crippen molar-refractivity contribution < 1.29 is 4.79 Å². The number of hydrogen-bond acceptors (Lipinski definition) is 4. The number of fused-ring (bicyclic) bond motifs is 2. The summed E-state index contributed by atoms with van der Waals surface area (Å²) in [6.07, 6.45) is 3.85. The highest BCUT2D eigenvalue weighted by Gasteiger charge is 2.24. The van der Waals surface area contributed by atoms with Gasteiger partial charge < -0.3 is 15.6 Å². The molecule has 0 fully saturated rings. The van der Waals surface area contributed by atoms with Gasteiger partial charge in [0.25, 0.3) is 0 Å². The topological polar surface area (TPSA) is 82.7 Å². The van der Waals surface area contributed by atoms with E-state index in [0.29, 0.717) is 13.0 Å². The van der Waals surface area contributed by atoms with Crippen LogP contribution < -0.4 is 10.6 Å². The maximum Gasteiger partial charge on any atom is 0.225 e. The second-order valence-corrected chi connectivity index (χ2v) is 5.38. The number of carbonyl (C=O) groups is 1. The number of nitrogens with zero attached hydrogens (tertiary/aromatic N) is 2. The minimum Gasteiger partial charge on any atom is -0.369 e. The molecule has 0 spiro atoms. The molecule has 6 nitrogen and oxygen atoms in total. The van der Waals surface area contributed by atoms with Crippen LogP contribution in [0.4, 0.5) is 11.5 Å². The normalized spacial score (nSPS) is 17.1. The van der Waals surface area contributed by atoms with Crippen LogP contribution in [0.25, 0.3) is 11.0 Å². The van der Waals surface area contributed by atoms with Gasteiger partial charge >= 0.3 is 0 Å². The van der Waals surface area contributed by atoms with Crippen LogP contribution in [0.15, 0.2) is 42.9 Å². The van der Waals surface area contributed by atoms with Crippen LogP contribution in [-0.4, -0.2) is 27.4 Å². The van der Waals surface area contributed by atoms with E-state index in [0.717, 1.165) is 28.1 Å². The molecule has 22 heavy (non-hydrogen) atoms. The lowest BCUT2D eigenvalue weighted by atomic mass is 9.90. The van der Waals surface area contributed by atoms with E-state index in [-0.39, 0.29) is 11.8 Å². The number of aromatic nitrogens is 3. The molecule has 0 saturated heterocycles. The maximum atomic E-state index is 11.8. The molecule has 1 aromatic carbocycles. The van der Waals surface area contributed by atoms with Crippen molar-refractivity contribution >= 4 is 28.4 Å². The second kappa shape index (κ2) is 5.14. The number of benzene rings is 1. The van der Waals surface area contributed by atoms with Crippen molar-refractivity contribution in [3.63, 3.8) is 0 Å². The van der Waals surface area contributed by atoms with Gasteiger partial charge in [0.1, 0.15) is 17.8 Å². The van der Waals surface area contributed by atoms with Gasteiger partial charge in [0, 0.05) is 30.8 Å². The van der Waals surface area contributed by atoms with Gasteiger partial charge in [-0.1, -0.05) is 18.2 Å². The van der Waals surface area contributed by atoms with Crippen molar-refractivity contribution in [2.24, 2.45) is 0 Å². The smallest absolute Gasteiger partial charge is 0.225 e. The Morgan fingerprint density at radius 3 is 3.09 bits per heavy atom. The first-order chi connectivity index (χ1) is 10.8. The highest BCUT2D eigenvalue weighted by Crippen LogP contribution is 2.32. The molecule has 0 bridgehead atoms. The summed E-state index contributed by atoms with van der Waals surface area (Å²) in [7, 11) is 0. The summed E-state index contributed by atoms with van der Waals surface area (Å²) in [5, 5.41) is 7.22. The number of hydrogen-bond donors (Lipinski definition) is 3. The summed E-state index contributed by atoms with van der Waals surface area (Å²) < 4.78 is 0. The van der Waals surface area contributed by atoms with E-state index in [2.05, 4.69) is 31.7 Å². The highest BCUT2D eigenvalue weighted by molar-refractivity contribution is 5.95. The summed E-state index contributed by atoms with van der Waals surface area (Å²) in [5.74, 6) is 0.976. The lowest BCUT2D eigenvalue weighted by Gasteiger charge is -2.25. The lowest BCUT2D eigenvalue weighted by Crippen LogP contribution is -2.26. The Morgan fingerprint density at radius 2 is 2.14 bits per heavy atom. The van der Waals surface area contributed by atoms with Crippen molar-refractivity contribution in [1.82, 2.24) is 15.0 Å². The van der Waals surface area contributed by atoms with E-state index >= 15 is 0 Å². The number of anilines is 2. The Bertz CT molecular complexity index is 841. The third-order valence-corrected chi connectivity index (χ3v) is 3.98. The van der Waals surface area contributed by atoms with E-state index < -0.39 is 0 Å². The van der Waals surface area contributed by atoms with E-state index in [1.807, 2.05) is 30.5 Å². The molecule has 2 aromatic heterocycles. The number of H-pyrrole nitrogens is 1. The Hall–Kier alpha value is -2.89. The Morgan fingerprint density at radius 1 is 1.23 bits per heavy atom. The van der Waals surface area contributed by atoms with Gasteiger partial charge in [-0.05, 0) is 17.7 Å². The molecule has 3 aromatic rings. The Kier molecular flexibility index (Phi) is 3.00. The lowest BCUT2D eigenvalue weighted by molar-refractivity contribution is -0.116. The molecule has 1 amide bonds. The van der Waals surface area contributed by atoms with Gasteiger partial charge in [-0.25, -0.2) is 9.97 Å². The number of carbonyl (C=O) groups excluding carboxylic acids is 1. The third kappa shape index (κ3) is 2.18. The van der Waals surface area contributed by atoms with Gasteiger partial charge in [0.05, 0.1) is 5.39 Å². The average molecular weight is 293 g/mol. The summed E-state index contributed by atoms with van der Waals surface area (Å²) in [4.78, 5) is 23.4. The molecule has 1 unspecified atom stereocenters. The fourth-order valence-corrected chi connectivity index (χ4v) is 2.92. The molecule has 3 N–H and O–H groups in total. The van der Waals surface area contributed by atoms with E-state index in [1.54, 1.807) is 0 Å². The van der Waals surface area contributed by atoms with Crippen molar-refractivity contribution in [3.05, 3.63) is 48.4 Å². The van der Waals surface area contributed by atoms with Crippen molar-refractivity contribution in [1.29, 1.82) is 0 Å². The SMILES string of the molecule is O=C1CC(CNc2ncnc3[nH]ccc23)c2ccccc2N1. The molecular weight excluding hydrogens is 278 g/mol.